The summed E-state index contributed by atoms with van der Waals surface area (Å²) in [6, 6.07) is 4.23. The molecule has 1 heterocycles. The van der Waals surface area contributed by atoms with Crippen LogP contribution in [0.3, 0.4) is 0 Å². The number of halogens is 5. The average Bonchev–Trinajstić information content (AvgIpc) is 2.88. The van der Waals surface area contributed by atoms with Gasteiger partial charge < -0.3 is 9.84 Å². The summed E-state index contributed by atoms with van der Waals surface area (Å²) in [5, 5.41) is 14.7. The molecule has 142 valence electrons. The molecule has 0 bridgehead atoms. The van der Waals surface area contributed by atoms with Gasteiger partial charge in [0.05, 0.1) is 10.9 Å². The fraction of sp³-hybridized carbons (Fsp3) is 0.500. The van der Waals surface area contributed by atoms with Crippen molar-refractivity contribution in [3.8, 4) is 5.75 Å². The van der Waals surface area contributed by atoms with E-state index in [-0.39, 0.29) is 27.9 Å². The lowest BCUT2D eigenvalue weighted by Gasteiger charge is -2.38. The minimum Gasteiger partial charge on any atom is -0.482 e. The smallest absolute Gasteiger partial charge is 0.439 e. The van der Waals surface area contributed by atoms with Crippen molar-refractivity contribution in [3.63, 3.8) is 0 Å². The summed E-state index contributed by atoms with van der Waals surface area (Å²) < 4.78 is 46.0. The Kier molecular flexibility index (Phi) is 5.11. The van der Waals surface area contributed by atoms with Gasteiger partial charge in [0, 0.05) is 10.7 Å². The Hall–Kier alpha value is -1.51. The van der Waals surface area contributed by atoms with Crippen molar-refractivity contribution in [2.75, 3.05) is 6.61 Å². The summed E-state index contributed by atoms with van der Waals surface area (Å²) in [6.07, 6.45) is -3.42. The molecule has 0 radical (unpaired) electrons. The first-order valence-corrected chi connectivity index (χ1v) is 8.67. The van der Waals surface area contributed by atoms with Crippen LogP contribution in [0.4, 0.5) is 13.2 Å². The molecule has 26 heavy (non-hydrogen) atoms. The maximum Gasteiger partial charge on any atom is 0.439 e. The van der Waals surface area contributed by atoms with Crippen LogP contribution in [0.5, 0.6) is 5.75 Å². The Balaban J connectivity index is 1.81. The van der Waals surface area contributed by atoms with E-state index in [2.05, 4.69) is 5.10 Å². The summed E-state index contributed by atoms with van der Waals surface area (Å²) in [5.74, 6) is -2.28. The summed E-state index contributed by atoms with van der Waals surface area (Å²) >= 11 is 11.7. The predicted octanol–water partition coefficient (Wildman–Crippen LogP) is 4.01. The molecular formula is C16H15Cl2F3N2O3. The van der Waals surface area contributed by atoms with Gasteiger partial charge in [-0.05, 0) is 37.5 Å². The van der Waals surface area contributed by atoms with E-state index in [1.165, 1.54) is 18.2 Å². The van der Waals surface area contributed by atoms with Gasteiger partial charge in [0.1, 0.15) is 5.75 Å². The lowest BCUT2D eigenvalue weighted by Crippen LogP contribution is -2.62. The summed E-state index contributed by atoms with van der Waals surface area (Å²) in [4.78, 5) is 12.4. The Morgan fingerprint density at radius 1 is 1.38 bits per heavy atom. The molecule has 1 aliphatic heterocycles. The molecule has 1 saturated carbocycles. The second-order valence-corrected chi connectivity index (χ2v) is 7.03. The van der Waals surface area contributed by atoms with Crippen LogP contribution in [0.25, 0.3) is 0 Å². The molecule has 0 aromatic heterocycles. The molecule has 1 aliphatic carbocycles. The fourth-order valence-electron chi connectivity index (χ4n) is 3.26. The Bertz CT molecular complexity index is 757. The lowest BCUT2D eigenvalue weighted by molar-refractivity contribution is -0.317. The van der Waals surface area contributed by atoms with Crippen LogP contribution < -0.4 is 4.74 Å². The molecule has 3 rings (SSSR count). The number of carbonyl (C=O) groups is 1. The monoisotopic (exact) mass is 410 g/mol. The molecule has 1 amide bonds. The zero-order valence-electron chi connectivity index (χ0n) is 13.4. The van der Waals surface area contributed by atoms with E-state index in [1.54, 1.807) is 0 Å². The lowest BCUT2D eigenvalue weighted by atomic mass is 9.80. The number of hydrazone groups is 1. The number of hydrogen-bond donors (Lipinski definition) is 1. The zero-order valence-corrected chi connectivity index (χ0v) is 14.9. The Morgan fingerprint density at radius 2 is 2.12 bits per heavy atom. The molecule has 0 unspecified atom stereocenters. The first-order chi connectivity index (χ1) is 12.1. The number of benzene rings is 1. The van der Waals surface area contributed by atoms with Gasteiger partial charge in [0.25, 0.3) is 11.6 Å². The predicted molar refractivity (Wildman–Crippen MR) is 89.2 cm³/mol. The third-order valence-electron chi connectivity index (χ3n) is 4.51. The summed E-state index contributed by atoms with van der Waals surface area (Å²) in [5.41, 5.74) is -3.17. The normalized spacial score (nSPS) is 25.7. The molecule has 1 N–H and O–H groups in total. The van der Waals surface area contributed by atoms with E-state index >= 15 is 0 Å². The minimum absolute atomic E-state index is 0.0873. The van der Waals surface area contributed by atoms with Crippen molar-refractivity contribution in [2.24, 2.45) is 11.0 Å². The maximum atomic E-state index is 13.6. The van der Waals surface area contributed by atoms with E-state index in [0.29, 0.717) is 24.3 Å². The number of ether oxygens (including phenoxy) is 1. The van der Waals surface area contributed by atoms with Gasteiger partial charge in [-0.2, -0.15) is 23.3 Å². The third kappa shape index (κ3) is 3.25. The zero-order chi connectivity index (χ0) is 19.1. The van der Waals surface area contributed by atoms with Gasteiger partial charge in [-0.3, -0.25) is 4.79 Å². The first kappa shape index (κ1) is 19.3. The molecule has 1 fully saturated rings. The molecule has 2 atom stereocenters. The van der Waals surface area contributed by atoms with Crippen LogP contribution in [-0.4, -0.2) is 40.2 Å². The Labute approximate surface area is 157 Å². The van der Waals surface area contributed by atoms with Crippen molar-refractivity contribution in [1.82, 2.24) is 5.01 Å². The second-order valence-electron chi connectivity index (χ2n) is 6.18. The molecule has 0 saturated heterocycles. The van der Waals surface area contributed by atoms with Crippen molar-refractivity contribution >= 4 is 34.8 Å². The molecule has 0 spiro atoms. The van der Waals surface area contributed by atoms with Crippen molar-refractivity contribution < 1.29 is 27.8 Å². The third-order valence-corrected chi connectivity index (χ3v) is 5.04. The highest BCUT2D eigenvalue weighted by molar-refractivity contribution is 6.35. The number of rotatable bonds is 3. The average molecular weight is 411 g/mol. The summed E-state index contributed by atoms with van der Waals surface area (Å²) in [6.45, 7) is -0.761. The quantitative estimate of drug-likeness (QED) is 0.818. The van der Waals surface area contributed by atoms with Crippen LogP contribution in [0, 0.1) is 5.92 Å². The molecule has 10 heteroatoms. The number of alkyl halides is 3. The van der Waals surface area contributed by atoms with Gasteiger partial charge in [0.15, 0.2) is 6.61 Å². The van der Waals surface area contributed by atoms with E-state index in [1.807, 2.05) is 0 Å². The van der Waals surface area contributed by atoms with Crippen LogP contribution in [-0.2, 0) is 4.79 Å². The van der Waals surface area contributed by atoms with Crippen molar-refractivity contribution in [2.45, 2.75) is 37.6 Å². The van der Waals surface area contributed by atoms with Gasteiger partial charge in [-0.1, -0.05) is 29.6 Å². The molecule has 2 aliphatic rings. The highest BCUT2D eigenvalue weighted by Gasteiger charge is 2.68. The number of aliphatic hydroxyl groups is 1. The topological polar surface area (TPSA) is 62.1 Å². The van der Waals surface area contributed by atoms with Gasteiger partial charge in [0.2, 0.25) is 0 Å². The van der Waals surface area contributed by atoms with Crippen LogP contribution in [0.2, 0.25) is 10.0 Å². The second kappa shape index (κ2) is 6.90. The molecular weight excluding hydrogens is 396 g/mol. The highest BCUT2D eigenvalue weighted by Crippen LogP contribution is 2.48. The molecule has 1 aromatic carbocycles. The van der Waals surface area contributed by atoms with Gasteiger partial charge in [-0.15, -0.1) is 0 Å². The summed E-state index contributed by atoms with van der Waals surface area (Å²) in [7, 11) is 0. The van der Waals surface area contributed by atoms with E-state index < -0.39 is 30.3 Å². The van der Waals surface area contributed by atoms with E-state index in [9.17, 15) is 23.1 Å². The number of carbonyl (C=O) groups excluding carboxylic acids is 1. The molecule has 1 aromatic rings. The van der Waals surface area contributed by atoms with E-state index in [0.717, 1.165) is 0 Å². The minimum atomic E-state index is -5.05. The largest absolute Gasteiger partial charge is 0.482 e. The Morgan fingerprint density at radius 3 is 2.77 bits per heavy atom. The van der Waals surface area contributed by atoms with Gasteiger partial charge >= 0.3 is 6.18 Å². The standard InChI is InChI=1S/C16H15Cl2F3N2O3/c17-9-5-6-13(11(18)7-9)26-8-14(24)23-15(25,16(19,20)21)10-3-1-2-4-12(10)22-23/h5-7,10,25H,1-4,8H2/t10-,15+/m1/s1. The van der Waals surface area contributed by atoms with Crippen LogP contribution in [0.1, 0.15) is 25.7 Å². The maximum absolute atomic E-state index is 13.6. The van der Waals surface area contributed by atoms with Crippen molar-refractivity contribution in [3.05, 3.63) is 28.2 Å². The number of hydrogen-bond acceptors (Lipinski definition) is 4. The number of nitrogens with zero attached hydrogens (tertiary/aromatic N) is 2. The van der Waals surface area contributed by atoms with Crippen LogP contribution in [0.15, 0.2) is 23.3 Å². The van der Waals surface area contributed by atoms with Crippen LogP contribution >= 0.6 is 23.2 Å². The van der Waals surface area contributed by atoms with Crippen molar-refractivity contribution in [1.29, 1.82) is 0 Å². The fourth-order valence-corrected chi connectivity index (χ4v) is 3.72. The SMILES string of the molecule is O=C(COc1ccc(Cl)cc1Cl)N1N=C2CCCC[C@H]2[C@]1(O)C(F)(F)F. The molecule has 5 nitrogen and oxygen atoms in total. The number of fused-ring (bicyclic) bond motifs is 1. The first-order valence-electron chi connectivity index (χ1n) is 7.92. The van der Waals surface area contributed by atoms with E-state index in [4.69, 9.17) is 27.9 Å². The number of amides is 1. The van der Waals surface area contributed by atoms with Gasteiger partial charge in [-0.25, -0.2) is 0 Å². The highest BCUT2D eigenvalue weighted by atomic mass is 35.5.